The highest BCUT2D eigenvalue weighted by Gasteiger charge is 2.10. The standard InChI is InChI=1S/C26H43BrO4/c1-3-5-7-10-17-23-30-26(31-24-18-11-8-6-4-2)20-14-13-19-25(28)29-22-16-12-9-15-21-27/h26H,3-6,9,12-24H2,1-2H3. The number of ether oxygens (including phenoxy) is 3. The molecule has 0 fully saturated rings. The van der Waals surface area contributed by atoms with Crippen molar-refractivity contribution in [3.63, 3.8) is 0 Å². The van der Waals surface area contributed by atoms with Crippen molar-refractivity contribution in [2.45, 2.75) is 110 Å². The minimum Gasteiger partial charge on any atom is -0.466 e. The molecule has 0 atom stereocenters. The SMILES string of the molecule is CCCC#CCCOC(CCCCC(=O)OCCCCCCBr)OCCC#CCCC. The maximum atomic E-state index is 11.8. The fourth-order valence-electron chi connectivity index (χ4n) is 2.69. The monoisotopic (exact) mass is 498 g/mol. The van der Waals surface area contributed by atoms with Crippen LogP contribution in [0.1, 0.15) is 104 Å². The van der Waals surface area contributed by atoms with Crippen LogP contribution in [0, 0.1) is 23.7 Å². The van der Waals surface area contributed by atoms with Gasteiger partial charge in [-0.05, 0) is 44.9 Å². The van der Waals surface area contributed by atoms with E-state index in [-0.39, 0.29) is 12.3 Å². The second kappa shape index (κ2) is 25.3. The molecule has 0 aliphatic carbocycles. The van der Waals surface area contributed by atoms with Gasteiger partial charge in [-0.1, -0.05) is 42.6 Å². The molecule has 0 aromatic rings. The zero-order chi connectivity index (χ0) is 22.8. The van der Waals surface area contributed by atoms with Gasteiger partial charge in [-0.2, -0.15) is 0 Å². The lowest BCUT2D eigenvalue weighted by molar-refractivity contribution is -0.147. The molecule has 0 aromatic heterocycles. The Morgan fingerprint density at radius 1 is 0.742 bits per heavy atom. The molecule has 178 valence electrons. The number of hydrogen-bond acceptors (Lipinski definition) is 4. The smallest absolute Gasteiger partial charge is 0.305 e. The van der Waals surface area contributed by atoms with Crippen molar-refractivity contribution in [2.24, 2.45) is 0 Å². The predicted molar refractivity (Wildman–Crippen MR) is 132 cm³/mol. The number of alkyl halides is 1. The zero-order valence-corrected chi connectivity index (χ0v) is 21.4. The molecular formula is C26H43BrO4. The van der Waals surface area contributed by atoms with Gasteiger partial charge < -0.3 is 14.2 Å². The van der Waals surface area contributed by atoms with Crippen LogP contribution >= 0.6 is 15.9 Å². The normalized spacial score (nSPS) is 10.3. The number of rotatable bonds is 19. The lowest BCUT2D eigenvalue weighted by atomic mass is 10.2. The average Bonchev–Trinajstić information content (AvgIpc) is 2.77. The molecule has 0 aromatic carbocycles. The van der Waals surface area contributed by atoms with Crippen molar-refractivity contribution in [3.05, 3.63) is 0 Å². The Bertz CT molecular complexity index is 497. The van der Waals surface area contributed by atoms with Gasteiger partial charge in [0.05, 0.1) is 19.8 Å². The lowest BCUT2D eigenvalue weighted by Crippen LogP contribution is -2.19. The summed E-state index contributed by atoms with van der Waals surface area (Å²) in [6.45, 7) is 5.93. The van der Waals surface area contributed by atoms with E-state index < -0.39 is 0 Å². The largest absolute Gasteiger partial charge is 0.466 e. The van der Waals surface area contributed by atoms with Crippen LogP contribution in [0.25, 0.3) is 0 Å². The van der Waals surface area contributed by atoms with E-state index in [2.05, 4.69) is 53.5 Å². The molecule has 0 rings (SSSR count). The number of hydrogen-bond donors (Lipinski definition) is 0. The van der Waals surface area contributed by atoms with Gasteiger partial charge in [0.15, 0.2) is 6.29 Å². The lowest BCUT2D eigenvalue weighted by Gasteiger charge is -2.17. The maximum Gasteiger partial charge on any atom is 0.305 e. The van der Waals surface area contributed by atoms with Gasteiger partial charge in [-0.15, -0.1) is 23.7 Å². The summed E-state index contributed by atoms with van der Waals surface area (Å²) in [5, 5.41) is 1.04. The Morgan fingerprint density at radius 3 is 1.90 bits per heavy atom. The van der Waals surface area contributed by atoms with Gasteiger partial charge in [-0.3, -0.25) is 4.79 Å². The molecule has 0 saturated carbocycles. The zero-order valence-electron chi connectivity index (χ0n) is 19.8. The summed E-state index contributed by atoms with van der Waals surface area (Å²) in [5.41, 5.74) is 0. The predicted octanol–water partition coefficient (Wildman–Crippen LogP) is 6.79. The van der Waals surface area contributed by atoms with E-state index in [0.29, 0.717) is 26.2 Å². The third kappa shape index (κ3) is 23.5. The van der Waals surface area contributed by atoms with Crippen LogP contribution in [0.3, 0.4) is 0 Å². The Hall–Kier alpha value is -1.01. The molecule has 0 bridgehead atoms. The summed E-state index contributed by atoms with van der Waals surface area (Å²) in [5.74, 6) is 12.4. The first-order valence-corrected chi connectivity index (χ1v) is 13.2. The van der Waals surface area contributed by atoms with E-state index in [9.17, 15) is 4.79 Å². The van der Waals surface area contributed by atoms with Crippen LogP contribution < -0.4 is 0 Å². The van der Waals surface area contributed by atoms with Crippen molar-refractivity contribution in [1.29, 1.82) is 0 Å². The van der Waals surface area contributed by atoms with Crippen LogP contribution in [0.2, 0.25) is 0 Å². The van der Waals surface area contributed by atoms with Crippen LogP contribution in [0.5, 0.6) is 0 Å². The first-order valence-electron chi connectivity index (χ1n) is 12.1. The highest BCUT2D eigenvalue weighted by molar-refractivity contribution is 9.09. The first-order chi connectivity index (χ1) is 15.2. The van der Waals surface area contributed by atoms with Gasteiger partial charge in [0.2, 0.25) is 0 Å². The van der Waals surface area contributed by atoms with Crippen molar-refractivity contribution < 1.29 is 19.0 Å². The van der Waals surface area contributed by atoms with Gasteiger partial charge >= 0.3 is 5.97 Å². The molecule has 0 unspecified atom stereocenters. The summed E-state index contributed by atoms with van der Waals surface area (Å²) in [6, 6.07) is 0. The summed E-state index contributed by atoms with van der Waals surface area (Å²) in [6.07, 6.45) is 12.5. The Balaban J connectivity index is 4.03. The molecule has 5 heteroatoms. The molecule has 0 aliphatic heterocycles. The van der Waals surface area contributed by atoms with Crippen molar-refractivity contribution in [1.82, 2.24) is 0 Å². The van der Waals surface area contributed by atoms with Gasteiger partial charge in [0, 0.05) is 37.4 Å². The Kier molecular flexibility index (Phi) is 24.4. The maximum absolute atomic E-state index is 11.8. The minimum absolute atomic E-state index is 0.101. The molecule has 0 saturated heterocycles. The van der Waals surface area contributed by atoms with Gasteiger partial charge in [-0.25, -0.2) is 0 Å². The van der Waals surface area contributed by atoms with E-state index in [4.69, 9.17) is 14.2 Å². The van der Waals surface area contributed by atoms with E-state index in [1.165, 1.54) is 12.8 Å². The quantitative estimate of drug-likeness (QED) is 0.0645. The van der Waals surface area contributed by atoms with Crippen LogP contribution in [-0.4, -0.2) is 37.4 Å². The van der Waals surface area contributed by atoms with Gasteiger partial charge in [0.25, 0.3) is 0 Å². The average molecular weight is 500 g/mol. The van der Waals surface area contributed by atoms with Crippen LogP contribution in [-0.2, 0) is 19.0 Å². The number of carbonyl (C=O) groups excluding carboxylic acids is 1. The second-order valence-electron chi connectivity index (χ2n) is 7.45. The third-order valence-electron chi connectivity index (χ3n) is 4.42. The highest BCUT2D eigenvalue weighted by atomic mass is 79.9. The van der Waals surface area contributed by atoms with Crippen LogP contribution in [0.15, 0.2) is 0 Å². The summed E-state index contributed by atoms with van der Waals surface area (Å²) in [4.78, 5) is 11.8. The Labute approximate surface area is 199 Å². The third-order valence-corrected chi connectivity index (χ3v) is 4.98. The van der Waals surface area contributed by atoms with Crippen molar-refractivity contribution in [2.75, 3.05) is 25.2 Å². The molecule has 0 spiro atoms. The summed E-state index contributed by atoms with van der Waals surface area (Å²) in [7, 11) is 0. The molecule has 0 heterocycles. The van der Waals surface area contributed by atoms with Crippen LogP contribution in [0.4, 0.5) is 0 Å². The van der Waals surface area contributed by atoms with E-state index in [0.717, 1.165) is 76.0 Å². The van der Waals surface area contributed by atoms with Gasteiger partial charge in [0.1, 0.15) is 0 Å². The molecule has 0 aliphatic rings. The topological polar surface area (TPSA) is 44.8 Å². The van der Waals surface area contributed by atoms with E-state index in [1.54, 1.807) is 0 Å². The first kappa shape index (κ1) is 30.0. The molecule has 0 radical (unpaired) electrons. The fourth-order valence-corrected chi connectivity index (χ4v) is 3.09. The summed E-state index contributed by atoms with van der Waals surface area (Å²) < 4.78 is 17.1. The van der Waals surface area contributed by atoms with Crippen molar-refractivity contribution in [3.8, 4) is 23.7 Å². The number of esters is 1. The van der Waals surface area contributed by atoms with E-state index >= 15 is 0 Å². The van der Waals surface area contributed by atoms with Crippen molar-refractivity contribution >= 4 is 21.9 Å². The minimum atomic E-state index is -0.258. The molecule has 0 amide bonds. The second-order valence-corrected chi connectivity index (χ2v) is 8.24. The molecule has 4 nitrogen and oxygen atoms in total. The number of carbonyl (C=O) groups is 1. The molecule has 0 N–H and O–H groups in total. The highest BCUT2D eigenvalue weighted by Crippen LogP contribution is 2.11. The van der Waals surface area contributed by atoms with E-state index in [1.807, 2.05) is 0 Å². The summed E-state index contributed by atoms with van der Waals surface area (Å²) >= 11 is 3.42. The Morgan fingerprint density at radius 2 is 1.32 bits per heavy atom. The molecule has 31 heavy (non-hydrogen) atoms. The fraction of sp³-hybridized carbons (Fsp3) is 0.808. The number of unbranched alkanes of at least 4 members (excludes halogenated alkanes) is 6. The number of halogens is 1. The molecular weight excluding hydrogens is 456 g/mol.